The molecular weight excluding hydrogens is 256 g/mol. The zero-order valence-electron chi connectivity index (χ0n) is 5.10. The highest BCUT2D eigenvalue weighted by atomic mass is 35.7. The molecule has 0 aromatic rings. The van der Waals surface area contributed by atoms with E-state index in [1.54, 1.807) is 0 Å². The fraction of sp³-hybridized carbons (Fsp3) is 0. The average molecular weight is 259 g/mol. The molecule has 0 amide bonds. The Bertz CT molecular complexity index is 261. The summed E-state index contributed by atoms with van der Waals surface area (Å²) >= 11 is 4.61. The smallest absolute Gasteiger partial charge is 0.302 e. The summed E-state index contributed by atoms with van der Waals surface area (Å²) in [7, 11) is -13.2. The summed E-state index contributed by atoms with van der Waals surface area (Å²) in [6.07, 6.45) is 0. The van der Waals surface area contributed by atoms with E-state index in [-0.39, 0.29) is 0 Å². The van der Waals surface area contributed by atoms with Gasteiger partial charge in [0.15, 0.2) is 0 Å². The average Bonchev–Trinajstić information content (AvgIpc) is 1.48. The van der Waals surface area contributed by atoms with Gasteiger partial charge in [0.1, 0.15) is 0 Å². The van der Waals surface area contributed by atoms with Crippen molar-refractivity contribution < 1.29 is 37.0 Å². The number of halogens is 1. The molecule has 0 aliphatic carbocycles. The molecule has 0 aromatic carbocycles. The van der Waals surface area contributed by atoms with Gasteiger partial charge in [-0.2, -0.15) is 8.62 Å². The van der Waals surface area contributed by atoms with Crippen molar-refractivity contribution in [3.8, 4) is 0 Å². The van der Waals surface area contributed by atoms with Crippen molar-refractivity contribution in [1.82, 2.24) is 0 Å². The Labute approximate surface area is 72.0 Å². The van der Waals surface area contributed by atoms with Gasteiger partial charge in [-0.1, -0.05) is 0 Å². The second-order valence-electron chi connectivity index (χ2n) is 1.33. The van der Waals surface area contributed by atoms with Gasteiger partial charge in [0, 0.05) is 11.2 Å². The predicted molar refractivity (Wildman–Crippen MR) is 37.5 cm³/mol. The molecule has 0 fully saturated rings. The van der Waals surface area contributed by atoms with Gasteiger partial charge in [-0.3, -0.25) is 0 Å². The number of hydrogen-bond acceptors (Lipinski definition) is 5. The fourth-order valence-corrected chi connectivity index (χ4v) is 3.04. The molecule has 0 bridgehead atoms. The van der Waals surface area contributed by atoms with Crippen LogP contribution in [0.2, 0.25) is 0 Å². The molecule has 12 heteroatoms. The zero-order valence-corrected chi connectivity index (χ0v) is 8.54. The van der Waals surface area contributed by atoms with Crippen LogP contribution in [-0.4, -0.2) is 14.7 Å². The molecule has 0 heterocycles. The molecule has 0 aliphatic rings. The topological polar surface area (TPSA) is 130 Å². The molecular formula is H3ClO8P3. The van der Waals surface area contributed by atoms with Crippen LogP contribution in [0.3, 0.4) is 0 Å². The van der Waals surface area contributed by atoms with Gasteiger partial charge in [-0.25, -0.2) is 13.7 Å². The summed E-state index contributed by atoms with van der Waals surface area (Å²) in [5.41, 5.74) is 0. The van der Waals surface area contributed by atoms with Crippen LogP contribution < -0.4 is 0 Å². The fourth-order valence-electron chi connectivity index (χ4n) is 0.230. The van der Waals surface area contributed by atoms with E-state index in [1.165, 1.54) is 0 Å². The van der Waals surface area contributed by atoms with Crippen LogP contribution >= 0.6 is 34.3 Å². The van der Waals surface area contributed by atoms with Crippen LogP contribution in [0, 0.1) is 0 Å². The van der Waals surface area contributed by atoms with Gasteiger partial charge in [-0.15, -0.1) is 0 Å². The lowest BCUT2D eigenvalue weighted by molar-refractivity contribution is 0.233. The summed E-state index contributed by atoms with van der Waals surface area (Å²) in [4.78, 5) is 24.4. The van der Waals surface area contributed by atoms with Crippen LogP contribution in [0.25, 0.3) is 0 Å². The molecule has 2 unspecified atom stereocenters. The van der Waals surface area contributed by atoms with Crippen molar-refractivity contribution in [1.29, 1.82) is 0 Å². The van der Waals surface area contributed by atoms with Crippen LogP contribution in [0.4, 0.5) is 0 Å². The number of phosphoric acid groups is 2. The van der Waals surface area contributed by atoms with Gasteiger partial charge in [-0.05, 0) is 0 Å². The summed E-state index contributed by atoms with van der Waals surface area (Å²) in [5.74, 6) is 0. The van der Waals surface area contributed by atoms with E-state index in [4.69, 9.17) is 14.7 Å². The monoisotopic (exact) mass is 259 g/mol. The second kappa shape index (κ2) is 4.24. The number of hydrogen-bond donors (Lipinski definition) is 3. The van der Waals surface area contributed by atoms with E-state index in [1.807, 2.05) is 0 Å². The predicted octanol–water partition coefficient (Wildman–Crippen LogP) is 1.11. The molecule has 2 atom stereocenters. The SMILES string of the molecule is O=[P](Cl)OP(=O)(O)OP(=O)(O)O. The van der Waals surface area contributed by atoms with E-state index in [2.05, 4.69) is 19.9 Å². The van der Waals surface area contributed by atoms with Crippen molar-refractivity contribution >= 4 is 34.3 Å². The maximum absolute atomic E-state index is 10.4. The summed E-state index contributed by atoms with van der Waals surface area (Å²) < 4.78 is 37.0. The standard InChI is InChI=1S/ClH3O8P3/c1-10(2)8-12(6,7)9-11(3,4)5/h(H,6,7)(H2,3,4,5). The van der Waals surface area contributed by atoms with Crippen molar-refractivity contribution in [3.63, 3.8) is 0 Å². The summed E-state index contributed by atoms with van der Waals surface area (Å²) in [6, 6.07) is 0. The van der Waals surface area contributed by atoms with Crippen LogP contribution in [0.1, 0.15) is 0 Å². The van der Waals surface area contributed by atoms with Crippen molar-refractivity contribution in [3.05, 3.63) is 0 Å². The van der Waals surface area contributed by atoms with Gasteiger partial charge >= 0.3 is 23.0 Å². The molecule has 0 aromatic heterocycles. The first-order valence-corrected chi connectivity index (χ1v) is 7.16. The van der Waals surface area contributed by atoms with E-state index in [0.29, 0.717) is 0 Å². The lowest BCUT2D eigenvalue weighted by Crippen LogP contribution is -1.87. The minimum Gasteiger partial charge on any atom is -0.302 e. The molecule has 0 aliphatic heterocycles. The Morgan fingerprint density at radius 1 is 1.25 bits per heavy atom. The van der Waals surface area contributed by atoms with Gasteiger partial charge in [0.2, 0.25) is 0 Å². The largest absolute Gasteiger partial charge is 0.491 e. The molecule has 8 nitrogen and oxygen atoms in total. The van der Waals surface area contributed by atoms with E-state index >= 15 is 0 Å². The molecule has 0 saturated heterocycles. The Hall–Kier alpha value is 0.650. The molecule has 0 spiro atoms. The molecule has 3 N–H and O–H groups in total. The minimum absolute atomic E-state index is 3.00. The quantitative estimate of drug-likeness (QED) is 0.640. The molecule has 73 valence electrons. The van der Waals surface area contributed by atoms with Crippen molar-refractivity contribution in [2.24, 2.45) is 0 Å². The van der Waals surface area contributed by atoms with Crippen molar-refractivity contribution in [2.75, 3.05) is 0 Å². The number of rotatable bonds is 4. The van der Waals surface area contributed by atoms with Gasteiger partial charge < -0.3 is 14.7 Å². The van der Waals surface area contributed by atoms with E-state index < -0.39 is 23.0 Å². The normalized spacial score (nSPS) is 18.5. The highest BCUT2D eigenvalue weighted by Crippen LogP contribution is 2.62. The lowest BCUT2D eigenvalue weighted by atomic mass is 15.7. The Morgan fingerprint density at radius 3 is 1.92 bits per heavy atom. The third-order valence-corrected chi connectivity index (χ3v) is 3.95. The Balaban J connectivity index is 4.35. The van der Waals surface area contributed by atoms with Gasteiger partial charge in [0.25, 0.3) is 0 Å². The Kier molecular flexibility index (Phi) is 4.47. The van der Waals surface area contributed by atoms with Crippen LogP contribution in [-0.2, 0) is 22.3 Å². The minimum atomic E-state index is -5.17. The van der Waals surface area contributed by atoms with Crippen molar-refractivity contribution in [2.45, 2.75) is 0 Å². The molecule has 12 heavy (non-hydrogen) atoms. The summed E-state index contributed by atoms with van der Waals surface area (Å²) in [5, 5.41) is 0. The Morgan fingerprint density at radius 2 is 1.67 bits per heavy atom. The first kappa shape index (κ1) is 12.7. The zero-order chi connectivity index (χ0) is 9.99. The summed E-state index contributed by atoms with van der Waals surface area (Å²) in [6.45, 7) is 0. The third kappa shape index (κ3) is 7.31. The van der Waals surface area contributed by atoms with E-state index in [0.717, 1.165) is 0 Å². The van der Waals surface area contributed by atoms with Crippen LogP contribution in [0.5, 0.6) is 0 Å². The third-order valence-electron chi connectivity index (χ3n) is 0.377. The molecule has 0 rings (SSSR count). The lowest BCUT2D eigenvalue weighted by Gasteiger charge is -2.08. The maximum Gasteiger partial charge on any atom is 0.491 e. The highest BCUT2D eigenvalue weighted by Gasteiger charge is 2.34. The first-order valence-electron chi connectivity index (χ1n) is 2.05. The highest BCUT2D eigenvalue weighted by molar-refractivity contribution is 7.76. The molecule has 0 saturated carbocycles. The maximum atomic E-state index is 10.4. The van der Waals surface area contributed by atoms with Crippen LogP contribution in [0.15, 0.2) is 0 Å². The molecule has 1 radical (unpaired) electrons. The van der Waals surface area contributed by atoms with Gasteiger partial charge in [0.05, 0.1) is 0 Å². The van der Waals surface area contributed by atoms with E-state index in [9.17, 15) is 13.7 Å². The second-order valence-corrected chi connectivity index (χ2v) is 5.81. The first-order chi connectivity index (χ1) is 5.12.